The average Bonchev–Trinajstić information content (AvgIpc) is 2.41. The molecule has 21 heavy (non-hydrogen) atoms. The molecule has 3 nitrogen and oxygen atoms in total. The molecule has 3 heteroatoms. The quantitative estimate of drug-likeness (QED) is 0.669. The van der Waals surface area contributed by atoms with Crippen LogP contribution in [0.2, 0.25) is 0 Å². The van der Waals surface area contributed by atoms with E-state index in [0.29, 0.717) is 0 Å². The molecule has 1 rings (SSSR count). The van der Waals surface area contributed by atoms with Crippen molar-refractivity contribution in [3.63, 3.8) is 0 Å². The largest absolute Gasteiger partial charge is 0.475 e. The van der Waals surface area contributed by atoms with Crippen LogP contribution in [0.4, 0.5) is 0 Å². The third-order valence-electron chi connectivity index (χ3n) is 3.37. The van der Waals surface area contributed by atoms with Crippen molar-refractivity contribution in [1.29, 1.82) is 0 Å². The highest BCUT2D eigenvalue weighted by molar-refractivity contribution is 5.16. The Hall–Kier alpha value is -1.09. The van der Waals surface area contributed by atoms with E-state index in [0.717, 1.165) is 24.5 Å². The van der Waals surface area contributed by atoms with E-state index in [9.17, 15) is 0 Å². The molecule has 0 bridgehead atoms. The molecule has 120 valence electrons. The Balaban J connectivity index is 2.41. The molecular formula is C18H32N2O. The van der Waals surface area contributed by atoms with Crippen LogP contribution in [0.5, 0.6) is 5.88 Å². The van der Waals surface area contributed by atoms with Gasteiger partial charge < -0.3 is 10.1 Å². The fraction of sp³-hybridized carbons (Fsp3) is 0.722. The van der Waals surface area contributed by atoms with Crippen molar-refractivity contribution in [2.45, 2.75) is 84.9 Å². The second-order valence-electron chi connectivity index (χ2n) is 6.85. The second-order valence-corrected chi connectivity index (χ2v) is 6.85. The van der Waals surface area contributed by atoms with Gasteiger partial charge in [-0.15, -0.1) is 0 Å². The fourth-order valence-electron chi connectivity index (χ4n) is 2.10. The number of ether oxygens (including phenoxy) is 1. The van der Waals surface area contributed by atoms with Crippen LogP contribution in [-0.4, -0.2) is 16.6 Å². The van der Waals surface area contributed by atoms with Crippen molar-refractivity contribution in [3.05, 3.63) is 23.9 Å². The summed E-state index contributed by atoms with van der Waals surface area (Å²) in [4.78, 5) is 4.58. The lowest BCUT2D eigenvalue weighted by atomic mass is 10.1. The Bertz CT molecular complexity index is 398. The zero-order chi connectivity index (χ0) is 15.7. The SMILES string of the molecule is CCCCCCC(C)Oc1cccc(CNC(C)(C)C)n1. The molecule has 0 amide bonds. The predicted octanol–water partition coefficient (Wildman–Crippen LogP) is 4.71. The molecule has 1 atom stereocenters. The number of nitrogens with one attached hydrogen (secondary N) is 1. The molecule has 0 spiro atoms. The minimum absolute atomic E-state index is 0.102. The molecule has 0 aliphatic heterocycles. The molecule has 0 radical (unpaired) electrons. The molecule has 0 fully saturated rings. The second kappa shape index (κ2) is 9.04. The van der Waals surface area contributed by atoms with Crippen LogP contribution in [0.25, 0.3) is 0 Å². The molecule has 1 heterocycles. The summed E-state index contributed by atoms with van der Waals surface area (Å²) in [5, 5.41) is 3.45. The zero-order valence-electron chi connectivity index (χ0n) is 14.4. The van der Waals surface area contributed by atoms with Gasteiger partial charge >= 0.3 is 0 Å². The highest BCUT2D eigenvalue weighted by Gasteiger charge is 2.10. The van der Waals surface area contributed by atoms with Gasteiger partial charge in [-0.05, 0) is 46.6 Å². The smallest absolute Gasteiger partial charge is 0.213 e. The van der Waals surface area contributed by atoms with Crippen LogP contribution >= 0.6 is 0 Å². The van der Waals surface area contributed by atoms with Crippen molar-refractivity contribution < 1.29 is 4.74 Å². The Morgan fingerprint density at radius 3 is 2.62 bits per heavy atom. The number of unbranched alkanes of at least 4 members (excludes halogenated alkanes) is 3. The molecule has 0 aliphatic rings. The van der Waals surface area contributed by atoms with Crippen molar-refractivity contribution >= 4 is 0 Å². The van der Waals surface area contributed by atoms with E-state index in [2.05, 4.69) is 44.9 Å². The molecule has 1 unspecified atom stereocenters. The number of pyridine rings is 1. The van der Waals surface area contributed by atoms with E-state index in [4.69, 9.17) is 4.74 Å². The first-order valence-electron chi connectivity index (χ1n) is 8.28. The predicted molar refractivity (Wildman–Crippen MR) is 89.7 cm³/mol. The lowest BCUT2D eigenvalue weighted by molar-refractivity contribution is 0.197. The fourth-order valence-corrected chi connectivity index (χ4v) is 2.10. The van der Waals surface area contributed by atoms with Gasteiger partial charge in [0.2, 0.25) is 5.88 Å². The third-order valence-corrected chi connectivity index (χ3v) is 3.37. The Morgan fingerprint density at radius 1 is 1.19 bits per heavy atom. The van der Waals surface area contributed by atoms with Gasteiger partial charge in [0.05, 0.1) is 11.8 Å². The summed E-state index contributed by atoms with van der Waals surface area (Å²) < 4.78 is 5.93. The maximum Gasteiger partial charge on any atom is 0.213 e. The number of hydrogen-bond donors (Lipinski definition) is 1. The zero-order valence-corrected chi connectivity index (χ0v) is 14.4. The lowest BCUT2D eigenvalue weighted by Gasteiger charge is -2.20. The van der Waals surface area contributed by atoms with E-state index in [1.54, 1.807) is 0 Å². The Kier molecular flexibility index (Phi) is 7.73. The van der Waals surface area contributed by atoms with Gasteiger partial charge in [-0.25, -0.2) is 4.98 Å². The number of aromatic nitrogens is 1. The standard InChI is InChI=1S/C18H32N2O/c1-6-7-8-9-11-15(2)21-17-13-10-12-16(20-17)14-19-18(3,4)5/h10,12-13,15,19H,6-9,11,14H2,1-5H3. The van der Waals surface area contributed by atoms with Crippen LogP contribution < -0.4 is 10.1 Å². The third kappa shape index (κ3) is 8.71. The van der Waals surface area contributed by atoms with Crippen molar-refractivity contribution in [2.24, 2.45) is 0 Å². The molecule has 0 aromatic carbocycles. The molecule has 1 N–H and O–H groups in total. The normalized spacial score (nSPS) is 13.2. The molecule has 0 saturated heterocycles. The van der Waals surface area contributed by atoms with Crippen molar-refractivity contribution in [3.8, 4) is 5.88 Å². The average molecular weight is 292 g/mol. The van der Waals surface area contributed by atoms with Crippen LogP contribution in [0.1, 0.15) is 72.4 Å². The van der Waals surface area contributed by atoms with Gasteiger partial charge in [0.1, 0.15) is 0 Å². The summed E-state index contributed by atoms with van der Waals surface area (Å²) >= 11 is 0. The van der Waals surface area contributed by atoms with Crippen LogP contribution in [-0.2, 0) is 6.54 Å². The van der Waals surface area contributed by atoms with Crippen molar-refractivity contribution in [1.82, 2.24) is 10.3 Å². The summed E-state index contributed by atoms with van der Waals surface area (Å²) in [6.45, 7) is 11.6. The van der Waals surface area contributed by atoms with E-state index >= 15 is 0 Å². The minimum atomic E-state index is 0.102. The lowest BCUT2D eigenvalue weighted by Crippen LogP contribution is -2.35. The van der Waals surface area contributed by atoms with E-state index in [1.165, 1.54) is 25.7 Å². The van der Waals surface area contributed by atoms with Gasteiger partial charge in [-0.2, -0.15) is 0 Å². The van der Waals surface area contributed by atoms with Gasteiger partial charge in [0, 0.05) is 18.2 Å². The topological polar surface area (TPSA) is 34.1 Å². The van der Waals surface area contributed by atoms with Crippen LogP contribution in [0, 0.1) is 0 Å². The van der Waals surface area contributed by atoms with Crippen LogP contribution in [0.15, 0.2) is 18.2 Å². The highest BCUT2D eigenvalue weighted by Crippen LogP contribution is 2.14. The summed E-state index contributed by atoms with van der Waals surface area (Å²) in [7, 11) is 0. The first-order chi connectivity index (χ1) is 9.90. The summed E-state index contributed by atoms with van der Waals surface area (Å²) in [6, 6.07) is 6.01. The monoisotopic (exact) mass is 292 g/mol. The molecule has 1 aromatic heterocycles. The maximum atomic E-state index is 5.93. The van der Waals surface area contributed by atoms with Crippen LogP contribution in [0.3, 0.4) is 0 Å². The van der Waals surface area contributed by atoms with Gasteiger partial charge in [-0.3, -0.25) is 0 Å². The minimum Gasteiger partial charge on any atom is -0.475 e. The first kappa shape index (κ1) is 18.0. The Morgan fingerprint density at radius 2 is 1.95 bits per heavy atom. The van der Waals surface area contributed by atoms with E-state index in [-0.39, 0.29) is 11.6 Å². The molecular weight excluding hydrogens is 260 g/mol. The Labute approximate surface area is 130 Å². The van der Waals surface area contributed by atoms with Gasteiger partial charge in [0.25, 0.3) is 0 Å². The van der Waals surface area contributed by atoms with E-state index < -0.39 is 0 Å². The molecule has 1 aromatic rings. The highest BCUT2D eigenvalue weighted by atomic mass is 16.5. The maximum absolute atomic E-state index is 5.93. The summed E-state index contributed by atoms with van der Waals surface area (Å²) in [5.74, 6) is 0.742. The summed E-state index contributed by atoms with van der Waals surface area (Å²) in [5.41, 5.74) is 1.13. The van der Waals surface area contributed by atoms with E-state index in [1.807, 2.05) is 18.2 Å². The first-order valence-corrected chi connectivity index (χ1v) is 8.28. The van der Waals surface area contributed by atoms with Gasteiger partial charge in [-0.1, -0.05) is 32.3 Å². The molecule has 0 saturated carbocycles. The van der Waals surface area contributed by atoms with Crippen molar-refractivity contribution in [2.75, 3.05) is 0 Å². The number of rotatable bonds is 9. The number of nitrogens with zero attached hydrogens (tertiary/aromatic N) is 1. The van der Waals surface area contributed by atoms with Gasteiger partial charge in [0.15, 0.2) is 0 Å². The molecule has 0 aliphatic carbocycles. The summed E-state index contributed by atoms with van der Waals surface area (Å²) in [6.07, 6.45) is 6.47. The number of hydrogen-bond acceptors (Lipinski definition) is 3.